The van der Waals surface area contributed by atoms with Crippen molar-refractivity contribution in [2.24, 2.45) is 11.3 Å². The summed E-state index contributed by atoms with van der Waals surface area (Å²) < 4.78 is 5.59. The molecule has 4 amide bonds. The van der Waals surface area contributed by atoms with E-state index >= 15 is 0 Å². The van der Waals surface area contributed by atoms with E-state index in [1.54, 1.807) is 13.2 Å². The van der Waals surface area contributed by atoms with Crippen molar-refractivity contribution in [1.29, 1.82) is 0 Å². The molecule has 1 aliphatic carbocycles. The molecule has 5 fully saturated rings. The molecule has 1 unspecified atom stereocenters. The molecule has 4 saturated heterocycles. The van der Waals surface area contributed by atoms with Crippen LogP contribution in [0.2, 0.25) is 0 Å². The van der Waals surface area contributed by atoms with Gasteiger partial charge in [0.2, 0.25) is 11.8 Å². The number of nitrogens with two attached hydrogens (primary N) is 1. The maximum absolute atomic E-state index is 13.3. The minimum atomic E-state index is -0.943. The van der Waals surface area contributed by atoms with Crippen LogP contribution in [0, 0.1) is 11.3 Å². The second-order valence-electron chi connectivity index (χ2n) is 15.3. The van der Waals surface area contributed by atoms with E-state index in [1.807, 2.05) is 12.1 Å². The molecular formula is C38H48N6O5. The number of hydrogen-bond acceptors (Lipinski definition) is 9. The van der Waals surface area contributed by atoms with Crippen molar-refractivity contribution in [3.05, 3.63) is 47.0 Å². The predicted molar refractivity (Wildman–Crippen MR) is 187 cm³/mol. The molecule has 1 saturated carbocycles. The maximum atomic E-state index is 13.3. The van der Waals surface area contributed by atoms with Gasteiger partial charge in [0.15, 0.2) is 0 Å². The van der Waals surface area contributed by atoms with Crippen LogP contribution < -0.4 is 25.6 Å². The zero-order valence-electron chi connectivity index (χ0n) is 28.5. The van der Waals surface area contributed by atoms with Crippen LogP contribution in [0.25, 0.3) is 0 Å². The third-order valence-corrected chi connectivity index (χ3v) is 12.4. The molecule has 5 aliphatic heterocycles. The number of anilines is 3. The van der Waals surface area contributed by atoms with Crippen LogP contribution in [-0.4, -0.2) is 92.4 Å². The average Bonchev–Trinajstić information content (AvgIpc) is 3.93. The summed E-state index contributed by atoms with van der Waals surface area (Å²) in [5, 5.41) is 2.26. The van der Waals surface area contributed by atoms with E-state index in [4.69, 9.17) is 10.5 Å². The summed E-state index contributed by atoms with van der Waals surface area (Å²) in [4.78, 5) is 59.1. The summed E-state index contributed by atoms with van der Waals surface area (Å²) in [7, 11) is 1.71. The summed E-state index contributed by atoms with van der Waals surface area (Å²) in [6, 6.07) is 8.85. The van der Waals surface area contributed by atoms with Gasteiger partial charge in [-0.15, -0.1) is 0 Å². The van der Waals surface area contributed by atoms with Crippen molar-refractivity contribution in [1.82, 2.24) is 15.1 Å². The van der Waals surface area contributed by atoms with Crippen LogP contribution in [-0.2, 0) is 9.59 Å². The minimum Gasteiger partial charge on any atom is -0.495 e. The van der Waals surface area contributed by atoms with E-state index < -0.39 is 23.8 Å². The molecule has 8 rings (SSSR count). The Morgan fingerprint density at radius 1 is 0.816 bits per heavy atom. The van der Waals surface area contributed by atoms with E-state index in [0.29, 0.717) is 28.4 Å². The lowest BCUT2D eigenvalue weighted by molar-refractivity contribution is -0.136. The van der Waals surface area contributed by atoms with Gasteiger partial charge >= 0.3 is 0 Å². The standard InChI is InChI=1S/C38H48N6O5/c1-49-33-22-32(28(21-30(33)39)25-2-3-25)43-18-12-38(13-19-43)10-16-41(17-11-38)23-24-8-14-42(15-9-24)26-4-5-27-29(20-26)37(48)44(36(27)47)31-6-7-34(45)40-35(31)46/h4-5,20-22,24-25,31H,2-3,6-19,23,39H2,1H3,(H,40,45,46). The van der Waals surface area contributed by atoms with Gasteiger partial charge in [0.1, 0.15) is 11.8 Å². The molecule has 260 valence electrons. The minimum absolute atomic E-state index is 0.115. The first-order valence-electron chi connectivity index (χ1n) is 18.3. The number of nitrogen functional groups attached to an aromatic ring is 1. The predicted octanol–water partition coefficient (Wildman–Crippen LogP) is 4.16. The summed E-state index contributed by atoms with van der Waals surface area (Å²) >= 11 is 0. The van der Waals surface area contributed by atoms with E-state index in [-0.39, 0.29) is 18.7 Å². The quantitative estimate of drug-likeness (QED) is 0.330. The second-order valence-corrected chi connectivity index (χ2v) is 15.3. The molecule has 3 N–H and O–H groups in total. The number of carbonyl (C=O) groups is 4. The Hall–Kier alpha value is -4.12. The Morgan fingerprint density at radius 3 is 2.18 bits per heavy atom. The highest BCUT2D eigenvalue weighted by Crippen LogP contribution is 2.49. The molecule has 1 atom stereocenters. The molecule has 1 spiro atoms. The highest BCUT2D eigenvalue weighted by Gasteiger charge is 2.45. The topological polar surface area (TPSA) is 129 Å². The Balaban J connectivity index is 0.820. The molecule has 11 nitrogen and oxygen atoms in total. The fourth-order valence-corrected chi connectivity index (χ4v) is 9.10. The van der Waals surface area contributed by atoms with Crippen LogP contribution in [0.3, 0.4) is 0 Å². The van der Waals surface area contributed by atoms with Crippen molar-refractivity contribution < 1.29 is 23.9 Å². The van der Waals surface area contributed by atoms with Crippen LogP contribution in [0.15, 0.2) is 30.3 Å². The highest BCUT2D eigenvalue weighted by molar-refractivity contribution is 6.23. The van der Waals surface area contributed by atoms with Crippen LogP contribution in [0.4, 0.5) is 17.1 Å². The normalized spacial score (nSPS) is 24.8. The van der Waals surface area contributed by atoms with Crippen molar-refractivity contribution in [2.45, 2.75) is 76.2 Å². The second kappa shape index (κ2) is 12.6. The van der Waals surface area contributed by atoms with Crippen molar-refractivity contribution in [3.8, 4) is 5.75 Å². The van der Waals surface area contributed by atoms with E-state index in [1.165, 1.54) is 62.9 Å². The number of nitrogens with one attached hydrogen (secondary N) is 1. The lowest BCUT2D eigenvalue weighted by Crippen LogP contribution is -2.54. The Labute approximate surface area is 288 Å². The first kappa shape index (κ1) is 32.1. The molecule has 0 bridgehead atoms. The van der Waals surface area contributed by atoms with Gasteiger partial charge in [0.05, 0.1) is 23.9 Å². The largest absolute Gasteiger partial charge is 0.495 e. The molecule has 0 radical (unpaired) electrons. The van der Waals surface area contributed by atoms with Gasteiger partial charge in [-0.25, -0.2) is 0 Å². The monoisotopic (exact) mass is 668 g/mol. The van der Waals surface area contributed by atoms with Crippen LogP contribution in [0.5, 0.6) is 5.75 Å². The van der Waals surface area contributed by atoms with Crippen molar-refractivity contribution >= 4 is 40.7 Å². The summed E-state index contributed by atoms with van der Waals surface area (Å²) in [5.41, 5.74) is 11.8. The summed E-state index contributed by atoms with van der Waals surface area (Å²) in [5.74, 6) is 0.219. The molecule has 11 heteroatoms. The number of rotatable bonds is 7. The smallest absolute Gasteiger partial charge is 0.262 e. The molecule has 5 heterocycles. The molecule has 2 aromatic carbocycles. The zero-order valence-corrected chi connectivity index (χ0v) is 28.5. The van der Waals surface area contributed by atoms with Gasteiger partial charge in [0.25, 0.3) is 11.8 Å². The van der Waals surface area contributed by atoms with E-state index in [9.17, 15) is 19.2 Å². The third kappa shape index (κ3) is 6.04. The summed E-state index contributed by atoms with van der Waals surface area (Å²) in [6.45, 7) is 7.51. The number of methoxy groups -OCH3 is 1. The van der Waals surface area contributed by atoms with E-state index in [2.05, 4.69) is 32.1 Å². The first-order chi connectivity index (χ1) is 23.7. The molecular weight excluding hydrogens is 620 g/mol. The zero-order chi connectivity index (χ0) is 33.9. The number of piperidine rings is 4. The molecule has 2 aromatic rings. The van der Waals surface area contributed by atoms with Gasteiger partial charge in [-0.1, -0.05) is 0 Å². The van der Waals surface area contributed by atoms with Gasteiger partial charge < -0.3 is 25.2 Å². The van der Waals surface area contributed by atoms with Crippen LogP contribution in [0.1, 0.15) is 96.4 Å². The Kier molecular flexibility index (Phi) is 8.28. The highest BCUT2D eigenvalue weighted by atomic mass is 16.5. The number of carbonyl (C=O) groups excluding carboxylic acids is 4. The number of fused-ring (bicyclic) bond motifs is 1. The van der Waals surface area contributed by atoms with Gasteiger partial charge in [-0.05, 0) is 118 Å². The maximum Gasteiger partial charge on any atom is 0.262 e. The SMILES string of the molecule is COc1cc(N2CCC3(CCN(CC4CCN(c5ccc6c(c5)C(=O)N(C5CCC(=O)NC5=O)C6=O)CC4)CC3)CC2)c(C2CC2)cc1N. The van der Waals surface area contributed by atoms with Crippen LogP contribution >= 0.6 is 0 Å². The summed E-state index contributed by atoms with van der Waals surface area (Å²) in [6.07, 6.45) is 10.0. The van der Waals surface area contributed by atoms with E-state index in [0.717, 1.165) is 67.6 Å². The number of benzene rings is 2. The number of ether oxygens (including phenoxy) is 1. The number of hydrogen-bond donors (Lipinski definition) is 2. The lowest BCUT2D eigenvalue weighted by atomic mass is 9.71. The molecule has 6 aliphatic rings. The molecule has 0 aromatic heterocycles. The van der Waals surface area contributed by atoms with Crippen molar-refractivity contribution in [3.63, 3.8) is 0 Å². The number of amides is 4. The van der Waals surface area contributed by atoms with Gasteiger partial charge in [-0.2, -0.15) is 0 Å². The number of likely N-dealkylation sites (tertiary alicyclic amines) is 1. The van der Waals surface area contributed by atoms with Gasteiger partial charge in [-0.3, -0.25) is 29.4 Å². The Morgan fingerprint density at radius 2 is 1.51 bits per heavy atom. The lowest BCUT2D eigenvalue weighted by Gasteiger charge is -2.48. The number of imide groups is 2. The molecule has 49 heavy (non-hydrogen) atoms. The van der Waals surface area contributed by atoms with Crippen molar-refractivity contribution in [2.75, 3.05) is 68.5 Å². The Bertz CT molecular complexity index is 1660. The fourth-order valence-electron chi connectivity index (χ4n) is 9.10. The fraction of sp³-hybridized carbons (Fsp3) is 0.579. The first-order valence-corrected chi connectivity index (χ1v) is 18.3. The van der Waals surface area contributed by atoms with Gasteiger partial charge in [0, 0.05) is 56.6 Å². The average molecular weight is 669 g/mol. The number of nitrogens with zero attached hydrogens (tertiary/aromatic N) is 4. The third-order valence-electron chi connectivity index (χ3n) is 12.4.